The molecule has 2 aromatic rings. The van der Waals surface area contributed by atoms with E-state index in [1.165, 1.54) is 0 Å². The van der Waals surface area contributed by atoms with Gasteiger partial charge >= 0.3 is 5.69 Å². The summed E-state index contributed by atoms with van der Waals surface area (Å²) in [6.45, 7) is 3.74. The predicted octanol–water partition coefficient (Wildman–Crippen LogP) is 0.805. The van der Waals surface area contributed by atoms with E-state index in [-0.39, 0.29) is 18.0 Å². The van der Waals surface area contributed by atoms with E-state index in [1.807, 2.05) is 11.9 Å². The topological polar surface area (TPSA) is 130 Å². The molecule has 1 heterocycles. The zero-order chi connectivity index (χ0) is 17.9. The summed E-state index contributed by atoms with van der Waals surface area (Å²) in [5.41, 5.74) is 4.13. The predicted molar refractivity (Wildman–Crippen MR) is 90.7 cm³/mol. The first-order chi connectivity index (χ1) is 11.3. The van der Waals surface area contributed by atoms with Crippen LogP contribution in [-0.4, -0.2) is 28.5 Å². The van der Waals surface area contributed by atoms with Gasteiger partial charge in [-0.1, -0.05) is 11.6 Å². The van der Waals surface area contributed by atoms with Crippen molar-refractivity contribution < 1.29 is 9.53 Å². The highest BCUT2D eigenvalue weighted by atomic mass is 35.5. The average Bonchev–Trinajstić information content (AvgIpc) is 2.52. The van der Waals surface area contributed by atoms with Crippen LogP contribution in [0, 0.1) is 6.92 Å². The van der Waals surface area contributed by atoms with Gasteiger partial charge in [-0.05, 0) is 37.6 Å². The van der Waals surface area contributed by atoms with Gasteiger partial charge in [0.1, 0.15) is 23.7 Å². The monoisotopic (exact) mass is 352 g/mol. The number of rotatable bonds is 5. The van der Waals surface area contributed by atoms with Gasteiger partial charge in [-0.3, -0.25) is 14.6 Å². The number of anilines is 1. The summed E-state index contributed by atoms with van der Waals surface area (Å²) < 4.78 is 5.57. The summed E-state index contributed by atoms with van der Waals surface area (Å²) in [7, 11) is 0. The molecule has 0 aliphatic carbocycles. The van der Waals surface area contributed by atoms with Gasteiger partial charge in [0.15, 0.2) is 0 Å². The van der Waals surface area contributed by atoms with Crippen molar-refractivity contribution in [1.82, 2.24) is 15.3 Å². The Morgan fingerprint density at radius 3 is 2.75 bits per heavy atom. The van der Waals surface area contributed by atoms with Crippen LogP contribution in [0.1, 0.15) is 23.0 Å². The maximum absolute atomic E-state index is 12.1. The van der Waals surface area contributed by atoms with Crippen molar-refractivity contribution in [3.05, 3.63) is 55.3 Å². The fraction of sp³-hybridized carbons (Fsp3) is 0.267. The lowest BCUT2D eigenvalue weighted by atomic mass is 10.2. The number of aromatic nitrogens is 2. The normalized spacial score (nSPS) is 11.8. The SMILES string of the molecule is Cc1cc(OC[C@@H](C)NC(=O)c2[nH]c(=O)[nH]c(=O)c2N)ccc1Cl. The van der Waals surface area contributed by atoms with Crippen LogP contribution < -0.4 is 27.0 Å². The van der Waals surface area contributed by atoms with Gasteiger partial charge in [-0.15, -0.1) is 0 Å². The molecule has 0 spiro atoms. The number of carbonyl (C=O) groups excluding carboxylic acids is 1. The molecule has 0 aliphatic heterocycles. The van der Waals surface area contributed by atoms with E-state index in [2.05, 4.69) is 10.3 Å². The first-order valence-electron chi connectivity index (χ1n) is 7.10. The summed E-state index contributed by atoms with van der Waals surface area (Å²) in [5.74, 6) is -0.0545. The number of aromatic amines is 2. The molecule has 0 radical (unpaired) electrons. The minimum atomic E-state index is -0.815. The number of carbonyl (C=O) groups is 1. The first kappa shape index (κ1) is 17.6. The van der Waals surface area contributed by atoms with E-state index in [1.54, 1.807) is 25.1 Å². The van der Waals surface area contributed by atoms with Gasteiger partial charge in [-0.25, -0.2) is 4.79 Å². The van der Waals surface area contributed by atoms with Crippen LogP contribution in [0.25, 0.3) is 0 Å². The quantitative estimate of drug-likeness (QED) is 0.632. The molecular formula is C15H17ClN4O4. The zero-order valence-electron chi connectivity index (χ0n) is 13.1. The van der Waals surface area contributed by atoms with Crippen LogP contribution in [0.3, 0.4) is 0 Å². The molecule has 1 atom stereocenters. The molecule has 1 amide bonds. The van der Waals surface area contributed by atoms with Crippen LogP contribution in [0.2, 0.25) is 5.02 Å². The Morgan fingerprint density at radius 2 is 2.08 bits per heavy atom. The van der Waals surface area contributed by atoms with Crippen molar-refractivity contribution >= 4 is 23.2 Å². The average molecular weight is 353 g/mol. The first-order valence-corrected chi connectivity index (χ1v) is 7.47. The second-order valence-electron chi connectivity index (χ2n) is 5.29. The molecule has 2 rings (SSSR count). The number of aryl methyl sites for hydroxylation is 1. The fourth-order valence-corrected chi connectivity index (χ4v) is 2.06. The standard InChI is InChI=1S/C15H17ClN4O4/c1-7-5-9(3-4-10(7)16)24-6-8(2)18-14(22)12-11(17)13(21)20-15(23)19-12/h3-5,8H,6,17H2,1-2H3,(H,18,22)(H2,19,20,21,23)/t8-/m1/s1. The number of ether oxygens (including phenoxy) is 1. The number of amides is 1. The summed E-state index contributed by atoms with van der Waals surface area (Å²) in [6, 6.07) is 4.83. The van der Waals surface area contributed by atoms with Gasteiger partial charge in [0.05, 0.1) is 6.04 Å². The number of H-pyrrole nitrogens is 2. The third kappa shape index (κ3) is 4.17. The lowest BCUT2D eigenvalue weighted by Crippen LogP contribution is -2.40. The number of halogens is 1. The number of nitrogen functional groups attached to an aromatic ring is 1. The number of benzene rings is 1. The molecule has 1 aromatic carbocycles. The summed E-state index contributed by atoms with van der Waals surface area (Å²) >= 11 is 5.94. The second kappa shape index (κ2) is 7.22. The summed E-state index contributed by atoms with van der Waals surface area (Å²) in [5, 5.41) is 3.23. The molecule has 9 heteroatoms. The van der Waals surface area contributed by atoms with Gasteiger partial charge in [0, 0.05) is 5.02 Å². The zero-order valence-corrected chi connectivity index (χ0v) is 13.9. The van der Waals surface area contributed by atoms with Crippen molar-refractivity contribution in [2.75, 3.05) is 12.3 Å². The highest BCUT2D eigenvalue weighted by Gasteiger charge is 2.16. The smallest absolute Gasteiger partial charge is 0.326 e. The van der Waals surface area contributed by atoms with E-state index in [0.29, 0.717) is 10.8 Å². The van der Waals surface area contributed by atoms with Crippen LogP contribution in [0.5, 0.6) is 5.75 Å². The summed E-state index contributed by atoms with van der Waals surface area (Å²) in [4.78, 5) is 38.9. The molecule has 0 saturated carbocycles. The molecule has 0 bridgehead atoms. The Kier molecular flexibility index (Phi) is 5.30. The highest BCUT2D eigenvalue weighted by molar-refractivity contribution is 6.31. The number of nitrogens with two attached hydrogens (primary N) is 1. The fourth-order valence-electron chi connectivity index (χ4n) is 1.94. The maximum atomic E-state index is 12.1. The molecule has 8 nitrogen and oxygen atoms in total. The molecule has 0 unspecified atom stereocenters. The van der Waals surface area contributed by atoms with E-state index in [9.17, 15) is 14.4 Å². The minimum Gasteiger partial charge on any atom is -0.491 e. The largest absolute Gasteiger partial charge is 0.491 e. The molecule has 1 aromatic heterocycles. The molecule has 0 fully saturated rings. The Hall–Kier alpha value is -2.74. The van der Waals surface area contributed by atoms with Gasteiger partial charge in [0.25, 0.3) is 11.5 Å². The van der Waals surface area contributed by atoms with Crippen LogP contribution in [0.4, 0.5) is 5.69 Å². The third-order valence-electron chi connectivity index (χ3n) is 3.21. The van der Waals surface area contributed by atoms with Crippen molar-refractivity contribution in [1.29, 1.82) is 0 Å². The van der Waals surface area contributed by atoms with Crippen molar-refractivity contribution in [2.45, 2.75) is 19.9 Å². The highest BCUT2D eigenvalue weighted by Crippen LogP contribution is 2.21. The molecule has 24 heavy (non-hydrogen) atoms. The lowest BCUT2D eigenvalue weighted by Gasteiger charge is -2.15. The van der Waals surface area contributed by atoms with Crippen LogP contribution >= 0.6 is 11.6 Å². The van der Waals surface area contributed by atoms with E-state index in [4.69, 9.17) is 22.1 Å². The molecule has 5 N–H and O–H groups in total. The van der Waals surface area contributed by atoms with Crippen LogP contribution in [0.15, 0.2) is 27.8 Å². The third-order valence-corrected chi connectivity index (χ3v) is 3.64. The maximum Gasteiger partial charge on any atom is 0.326 e. The van der Waals surface area contributed by atoms with Gasteiger partial charge in [-0.2, -0.15) is 0 Å². The van der Waals surface area contributed by atoms with Crippen molar-refractivity contribution in [3.8, 4) is 5.75 Å². The number of hydrogen-bond acceptors (Lipinski definition) is 5. The Balaban J connectivity index is 2.00. The van der Waals surface area contributed by atoms with Gasteiger partial charge < -0.3 is 20.8 Å². The van der Waals surface area contributed by atoms with Gasteiger partial charge in [0.2, 0.25) is 0 Å². The molecular weight excluding hydrogens is 336 g/mol. The minimum absolute atomic E-state index is 0.181. The van der Waals surface area contributed by atoms with Crippen LogP contribution in [-0.2, 0) is 0 Å². The Morgan fingerprint density at radius 1 is 1.38 bits per heavy atom. The van der Waals surface area contributed by atoms with E-state index in [0.717, 1.165) is 5.56 Å². The van der Waals surface area contributed by atoms with Crippen molar-refractivity contribution in [2.24, 2.45) is 0 Å². The summed E-state index contributed by atoms with van der Waals surface area (Å²) in [6.07, 6.45) is 0. The Bertz CT molecular complexity index is 875. The molecule has 0 aliphatic rings. The number of hydrogen-bond donors (Lipinski definition) is 4. The van der Waals surface area contributed by atoms with E-state index < -0.39 is 23.2 Å². The Labute approximate surface area is 142 Å². The molecule has 128 valence electrons. The molecule has 0 saturated heterocycles. The van der Waals surface area contributed by atoms with E-state index >= 15 is 0 Å². The lowest BCUT2D eigenvalue weighted by molar-refractivity contribution is 0.0922. The van der Waals surface area contributed by atoms with Crippen molar-refractivity contribution in [3.63, 3.8) is 0 Å². The number of nitrogens with one attached hydrogen (secondary N) is 3. The second-order valence-corrected chi connectivity index (χ2v) is 5.70.